The number of hydrogen-bond donors (Lipinski definition) is 0. The fourth-order valence-corrected chi connectivity index (χ4v) is 28.0. The molecule has 0 bridgehead atoms. The lowest BCUT2D eigenvalue weighted by Crippen LogP contribution is -2.15. The Kier molecular flexibility index (Phi) is 16.9. The molecular weight excluding hydrogens is 337 g/mol. The molecule has 86 valence electrons. The van der Waals surface area contributed by atoms with Gasteiger partial charge < -0.3 is 20.6 Å². The second-order valence-electron chi connectivity index (χ2n) is 2.27. The van der Waals surface area contributed by atoms with Crippen molar-refractivity contribution in [2.45, 2.75) is 0 Å². The van der Waals surface area contributed by atoms with Gasteiger partial charge in [0.05, 0.1) is 8.19 Å². The van der Waals surface area contributed by atoms with Crippen LogP contribution >= 0.6 is 10.7 Å². The van der Waals surface area contributed by atoms with E-state index in [-0.39, 0.29) is 26.4 Å². The normalized spacial score (nSPS) is 16.3. The first-order chi connectivity index (χ1) is 6.91. The van der Waals surface area contributed by atoms with E-state index in [1.807, 2.05) is 0 Å². The maximum Gasteiger partial charge on any atom is 0.285 e. The molecule has 0 aromatic heterocycles. The zero-order valence-electron chi connectivity index (χ0n) is 8.69. The molecule has 5 nitrogen and oxygen atoms in total. The minimum absolute atomic E-state index is 0.0453. The Labute approximate surface area is 108 Å². The molecule has 0 radical (unpaired) electrons. The van der Waals surface area contributed by atoms with Gasteiger partial charge in [0.25, 0.3) is 30.0 Å². The summed E-state index contributed by atoms with van der Waals surface area (Å²) in [6.07, 6.45) is 0. The molecule has 0 saturated heterocycles. The Hall–Kier alpha value is 1.89. The highest BCUT2D eigenvalue weighted by atomic mass is 32.5. The molecule has 14 heteroatoms. The molecule has 0 aliphatic rings. The van der Waals surface area contributed by atoms with E-state index in [2.05, 4.69) is 10.7 Å². The fourth-order valence-electron chi connectivity index (χ4n) is 0.588. The van der Waals surface area contributed by atoms with E-state index in [1.165, 1.54) is 0 Å². The molecule has 0 aliphatic carbocycles. The summed E-state index contributed by atoms with van der Waals surface area (Å²) in [6, 6.07) is 0. The Bertz CT molecular complexity index is 91.7. The summed E-state index contributed by atoms with van der Waals surface area (Å²) in [5.41, 5.74) is 0. The Morgan fingerprint density at radius 3 is 2.29 bits per heavy atom. The highest BCUT2D eigenvalue weighted by Gasteiger charge is 1.94. The van der Waals surface area contributed by atoms with Gasteiger partial charge in [-0.25, -0.2) is 0 Å². The first-order valence-electron chi connectivity index (χ1n) is 4.20. The first kappa shape index (κ1) is 15.9. The Balaban J connectivity index is 2.78. The molecule has 0 atom stereocenters. The third kappa shape index (κ3) is 13.9. The summed E-state index contributed by atoms with van der Waals surface area (Å²) in [6.45, 7) is 0. The average molecular weight is 355 g/mol. The highest BCUT2D eigenvalue weighted by Crippen LogP contribution is 1.91. The SMILES string of the molecule is [SiH3]O[SiH2]O[SiH2]O[SiH2]S[SiH2][SiH2]O[SiH2]O[SiH3]. The standard InChI is InChI=1S/H18O5SSi8/c7-1-9-3-11-4-12-6-14-13-5-10-2-8/h9-14H2,7-8H3. The van der Waals surface area contributed by atoms with Crippen LogP contribution in [0.2, 0.25) is 0 Å². The predicted octanol–water partition coefficient (Wildman–Crippen LogP) is -7.56. The summed E-state index contributed by atoms with van der Waals surface area (Å²) in [7, 11) is 1.47. The van der Waals surface area contributed by atoms with E-state index in [1.54, 1.807) is 0 Å². The topological polar surface area (TPSA) is 46.2 Å². The van der Waals surface area contributed by atoms with Crippen LogP contribution in [0.25, 0.3) is 0 Å². The summed E-state index contributed by atoms with van der Waals surface area (Å²) >= 11 is 0. The predicted molar refractivity (Wildman–Crippen MR) is 84.2 cm³/mol. The molecule has 0 saturated carbocycles. The summed E-state index contributed by atoms with van der Waals surface area (Å²) in [5, 5.41) is 0. The van der Waals surface area contributed by atoms with Crippen molar-refractivity contribution in [2.75, 3.05) is 0 Å². The second-order valence-corrected chi connectivity index (χ2v) is 25.7. The fraction of sp³-hybridized carbons (Fsp3) is 0. The minimum Gasteiger partial charge on any atom is -0.449 e. The third-order valence-electron chi connectivity index (χ3n) is 1.11. The van der Waals surface area contributed by atoms with Crippen LogP contribution in [0, 0.1) is 0 Å². The Morgan fingerprint density at radius 2 is 1.57 bits per heavy atom. The summed E-state index contributed by atoms with van der Waals surface area (Å²) in [4.78, 5) is 0. The van der Waals surface area contributed by atoms with Crippen molar-refractivity contribution in [1.29, 1.82) is 0 Å². The van der Waals surface area contributed by atoms with Crippen LogP contribution in [0.1, 0.15) is 0 Å². The van der Waals surface area contributed by atoms with E-state index in [9.17, 15) is 0 Å². The second kappa shape index (κ2) is 14.9. The van der Waals surface area contributed by atoms with Crippen LogP contribution in [-0.2, 0) is 20.6 Å². The van der Waals surface area contributed by atoms with E-state index < -0.39 is 30.0 Å². The lowest BCUT2D eigenvalue weighted by molar-refractivity contribution is 0.442. The van der Waals surface area contributed by atoms with Gasteiger partial charge in [0.2, 0.25) is 8.91 Å². The van der Waals surface area contributed by atoms with Gasteiger partial charge in [-0.1, -0.05) is 0 Å². The van der Waals surface area contributed by atoms with Gasteiger partial charge >= 0.3 is 0 Å². The van der Waals surface area contributed by atoms with Gasteiger partial charge in [-0.15, -0.1) is 0 Å². The van der Waals surface area contributed by atoms with Gasteiger partial charge in [-0.2, -0.15) is 10.7 Å². The van der Waals surface area contributed by atoms with Crippen molar-refractivity contribution >= 4 is 88.0 Å². The van der Waals surface area contributed by atoms with Gasteiger partial charge in [0.15, 0.2) is 0 Å². The lowest BCUT2D eigenvalue weighted by Gasteiger charge is -2.04. The van der Waals surface area contributed by atoms with Gasteiger partial charge in [0, 0.05) is 0 Å². The molecule has 0 aliphatic heterocycles. The van der Waals surface area contributed by atoms with Crippen molar-refractivity contribution in [2.24, 2.45) is 0 Å². The zero-order valence-corrected chi connectivity index (χ0v) is 22.0. The van der Waals surface area contributed by atoms with Gasteiger partial charge in [-0.3, -0.25) is 0 Å². The van der Waals surface area contributed by atoms with Crippen LogP contribution in [0.4, 0.5) is 0 Å². The van der Waals surface area contributed by atoms with E-state index in [0.717, 1.165) is 21.0 Å². The summed E-state index contributed by atoms with van der Waals surface area (Å²) < 4.78 is 26.4. The monoisotopic (exact) mass is 354 g/mol. The van der Waals surface area contributed by atoms with E-state index in [4.69, 9.17) is 20.6 Å². The third-order valence-corrected chi connectivity index (χ3v) is 27.5. The molecule has 0 aromatic carbocycles. The molecule has 0 amide bonds. The van der Waals surface area contributed by atoms with Crippen molar-refractivity contribution in [3.05, 3.63) is 0 Å². The van der Waals surface area contributed by atoms with E-state index >= 15 is 0 Å². The van der Waals surface area contributed by atoms with Crippen molar-refractivity contribution in [1.82, 2.24) is 0 Å². The largest absolute Gasteiger partial charge is 0.449 e. The maximum absolute atomic E-state index is 5.52. The van der Waals surface area contributed by atoms with Crippen LogP contribution in [0.3, 0.4) is 0 Å². The van der Waals surface area contributed by atoms with Crippen LogP contribution in [-0.4, -0.2) is 77.4 Å². The lowest BCUT2D eigenvalue weighted by atomic mass is 15.7. The summed E-state index contributed by atoms with van der Waals surface area (Å²) in [5.74, 6) is 0. The molecule has 14 heavy (non-hydrogen) atoms. The van der Waals surface area contributed by atoms with Crippen LogP contribution in [0.5, 0.6) is 0 Å². The number of rotatable bonds is 11. The highest BCUT2D eigenvalue weighted by molar-refractivity contribution is 8.43. The minimum atomic E-state index is -0.657. The quantitative estimate of drug-likeness (QED) is 0.271. The molecule has 0 spiro atoms. The van der Waals surface area contributed by atoms with Crippen molar-refractivity contribution < 1.29 is 20.6 Å². The number of hydrogen-bond acceptors (Lipinski definition) is 6. The first-order valence-corrected chi connectivity index (χ1v) is 19.1. The van der Waals surface area contributed by atoms with Gasteiger partial charge in [0.1, 0.15) is 30.3 Å². The van der Waals surface area contributed by atoms with Gasteiger partial charge in [-0.05, 0) is 0 Å². The average Bonchev–Trinajstić information content (AvgIpc) is 2.21. The molecule has 0 aromatic rings. The Morgan fingerprint density at radius 1 is 0.857 bits per heavy atom. The smallest absolute Gasteiger partial charge is 0.285 e. The van der Waals surface area contributed by atoms with Crippen molar-refractivity contribution in [3.63, 3.8) is 0 Å². The maximum atomic E-state index is 5.52. The molecule has 0 rings (SSSR count). The van der Waals surface area contributed by atoms with Crippen molar-refractivity contribution in [3.8, 4) is 0 Å². The molecule has 0 unspecified atom stereocenters. The molecule has 0 heterocycles. The molecule has 0 N–H and O–H groups in total. The van der Waals surface area contributed by atoms with Crippen LogP contribution in [0.15, 0.2) is 0 Å². The zero-order chi connectivity index (χ0) is 10.5. The van der Waals surface area contributed by atoms with Crippen LogP contribution < -0.4 is 0 Å². The van der Waals surface area contributed by atoms with E-state index in [0.29, 0.717) is 0 Å². The molecule has 0 fully saturated rings. The molecular formula is H18O5SSi8.